The highest BCUT2D eigenvalue weighted by Crippen LogP contribution is 2.42. The van der Waals surface area contributed by atoms with Gasteiger partial charge >= 0.3 is 0 Å². The second-order valence-electron chi connectivity index (χ2n) is 6.83. The first-order chi connectivity index (χ1) is 13.8. The summed E-state index contributed by atoms with van der Waals surface area (Å²) in [5, 5.41) is 7.16. The molecule has 0 aliphatic carbocycles. The quantitative estimate of drug-likeness (QED) is 0.394. The molecule has 0 radical (unpaired) electrons. The van der Waals surface area contributed by atoms with Gasteiger partial charge in [-0.15, -0.1) is 0 Å². The summed E-state index contributed by atoms with van der Waals surface area (Å²) in [5.41, 5.74) is 9.25. The summed E-state index contributed by atoms with van der Waals surface area (Å²) in [6.07, 6.45) is 0. The van der Waals surface area contributed by atoms with Crippen LogP contribution in [0.5, 0.6) is 0 Å². The minimum atomic E-state index is 1.09. The highest BCUT2D eigenvalue weighted by molar-refractivity contribution is 5.97. The first-order valence-electron chi connectivity index (χ1n) is 9.56. The third-order valence-electron chi connectivity index (χ3n) is 5.03. The zero-order chi connectivity index (χ0) is 19.3. The predicted molar refractivity (Wildman–Crippen MR) is 121 cm³/mol. The molecule has 0 heterocycles. The van der Waals surface area contributed by atoms with Crippen molar-refractivity contribution in [3.8, 4) is 22.3 Å². The van der Waals surface area contributed by atoms with Crippen molar-refractivity contribution in [2.75, 3.05) is 17.7 Å². The Balaban J connectivity index is 1.94. The van der Waals surface area contributed by atoms with Crippen molar-refractivity contribution in [2.24, 2.45) is 0 Å². The Morgan fingerprint density at radius 3 is 1.57 bits per heavy atom. The molecule has 0 atom stereocenters. The van der Waals surface area contributed by atoms with Crippen LogP contribution >= 0.6 is 0 Å². The van der Waals surface area contributed by atoms with Crippen LogP contribution < -0.4 is 10.6 Å². The molecule has 0 amide bonds. The van der Waals surface area contributed by atoms with Crippen molar-refractivity contribution in [1.29, 1.82) is 0 Å². The molecule has 0 aliphatic rings. The number of anilines is 3. The summed E-state index contributed by atoms with van der Waals surface area (Å²) in [7, 11) is 1.99. The SMILES string of the molecule is CNc1c(-c2ccccc2)ccc(-c2ccccc2)c1Nc1ccccc1C. The molecule has 4 rings (SSSR count). The van der Waals surface area contributed by atoms with Crippen molar-refractivity contribution >= 4 is 17.1 Å². The number of benzene rings is 4. The Morgan fingerprint density at radius 2 is 1.04 bits per heavy atom. The van der Waals surface area contributed by atoms with E-state index >= 15 is 0 Å². The molecule has 138 valence electrons. The van der Waals surface area contributed by atoms with Crippen LogP contribution in [0.1, 0.15) is 5.56 Å². The van der Waals surface area contributed by atoms with Crippen LogP contribution in [0.2, 0.25) is 0 Å². The Hall–Kier alpha value is -3.52. The molecule has 0 bridgehead atoms. The number of aryl methyl sites for hydroxylation is 1. The molecule has 0 aromatic heterocycles. The minimum Gasteiger partial charge on any atom is -0.386 e. The number of nitrogens with one attached hydrogen (secondary N) is 2. The topological polar surface area (TPSA) is 24.1 Å². The molecule has 0 spiro atoms. The van der Waals surface area contributed by atoms with Gasteiger partial charge in [0.1, 0.15) is 0 Å². The van der Waals surface area contributed by atoms with Crippen LogP contribution in [0.15, 0.2) is 97.1 Å². The van der Waals surface area contributed by atoms with Crippen molar-refractivity contribution in [1.82, 2.24) is 0 Å². The molecule has 0 fully saturated rings. The zero-order valence-corrected chi connectivity index (χ0v) is 16.2. The Bertz CT molecular complexity index is 1070. The number of rotatable bonds is 5. The van der Waals surface area contributed by atoms with Crippen LogP contribution in [0.3, 0.4) is 0 Å². The third kappa shape index (κ3) is 3.49. The third-order valence-corrected chi connectivity index (χ3v) is 5.03. The number of para-hydroxylation sites is 1. The Labute approximate surface area is 166 Å². The van der Waals surface area contributed by atoms with Gasteiger partial charge in [-0.25, -0.2) is 0 Å². The molecule has 0 aliphatic heterocycles. The van der Waals surface area contributed by atoms with Gasteiger partial charge in [-0.05, 0) is 29.7 Å². The van der Waals surface area contributed by atoms with Crippen LogP contribution in [-0.4, -0.2) is 7.05 Å². The molecular formula is C26H24N2. The fraction of sp³-hybridized carbons (Fsp3) is 0.0769. The summed E-state index contributed by atoms with van der Waals surface area (Å²) in [4.78, 5) is 0. The maximum Gasteiger partial charge on any atom is 0.0706 e. The van der Waals surface area contributed by atoms with E-state index in [1.807, 2.05) is 13.1 Å². The average molecular weight is 364 g/mol. The summed E-state index contributed by atoms with van der Waals surface area (Å²) < 4.78 is 0. The van der Waals surface area contributed by atoms with Crippen molar-refractivity contribution in [2.45, 2.75) is 6.92 Å². The largest absolute Gasteiger partial charge is 0.386 e. The van der Waals surface area contributed by atoms with Gasteiger partial charge in [-0.2, -0.15) is 0 Å². The zero-order valence-electron chi connectivity index (χ0n) is 16.2. The molecule has 4 aromatic rings. The van der Waals surface area contributed by atoms with E-state index in [1.165, 1.54) is 27.8 Å². The van der Waals surface area contributed by atoms with Gasteiger partial charge in [0.05, 0.1) is 11.4 Å². The molecule has 0 saturated carbocycles. The van der Waals surface area contributed by atoms with Crippen LogP contribution in [-0.2, 0) is 0 Å². The van der Waals surface area contributed by atoms with E-state index in [2.05, 4.69) is 109 Å². The van der Waals surface area contributed by atoms with Crippen molar-refractivity contribution in [3.63, 3.8) is 0 Å². The molecule has 0 unspecified atom stereocenters. The highest BCUT2D eigenvalue weighted by atomic mass is 14.9. The van der Waals surface area contributed by atoms with E-state index in [4.69, 9.17) is 0 Å². The van der Waals surface area contributed by atoms with E-state index in [0.717, 1.165) is 17.1 Å². The van der Waals surface area contributed by atoms with Crippen LogP contribution in [0.4, 0.5) is 17.1 Å². The maximum absolute atomic E-state index is 3.71. The van der Waals surface area contributed by atoms with Gasteiger partial charge in [-0.3, -0.25) is 0 Å². The second-order valence-corrected chi connectivity index (χ2v) is 6.83. The normalized spacial score (nSPS) is 10.5. The van der Waals surface area contributed by atoms with Gasteiger partial charge in [-0.1, -0.05) is 91.0 Å². The fourth-order valence-electron chi connectivity index (χ4n) is 3.56. The summed E-state index contributed by atoms with van der Waals surface area (Å²) in [6, 6.07) is 33.8. The van der Waals surface area contributed by atoms with Gasteiger partial charge in [0.2, 0.25) is 0 Å². The van der Waals surface area contributed by atoms with E-state index in [0.29, 0.717) is 0 Å². The van der Waals surface area contributed by atoms with Crippen LogP contribution in [0.25, 0.3) is 22.3 Å². The van der Waals surface area contributed by atoms with E-state index in [9.17, 15) is 0 Å². The lowest BCUT2D eigenvalue weighted by molar-refractivity contribution is 1.41. The minimum absolute atomic E-state index is 1.09. The molecule has 4 aromatic carbocycles. The monoisotopic (exact) mass is 364 g/mol. The Morgan fingerprint density at radius 1 is 0.536 bits per heavy atom. The molecule has 2 heteroatoms. The first-order valence-corrected chi connectivity index (χ1v) is 9.56. The second kappa shape index (κ2) is 8.01. The first kappa shape index (κ1) is 17.9. The number of hydrogen-bond donors (Lipinski definition) is 2. The van der Waals surface area contributed by atoms with E-state index < -0.39 is 0 Å². The van der Waals surface area contributed by atoms with Gasteiger partial charge in [0.15, 0.2) is 0 Å². The molecule has 2 N–H and O–H groups in total. The molecule has 0 saturated heterocycles. The predicted octanol–water partition coefficient (Wildman–Crippen LogP) is 7.11. The summed E-state index contributed by atoms with van der Waals surface area (Å²) in [5.74, 6) is 0. The lowest BCUT2D eigenvalue weighted by Gasteiger charge is -2.21. The smallest absolute Gasteiger partial charge is 0.0706 e. The van der Waals surface area contributed by atoms with Crippen molar-refractivity contribution in [3.05, 3.63) is 103 Å². The molecule has 2 nitrogen and oxygen atoms in total. The standard InChI is InChI=1S/C26H24N2/c1-19-11-9-10-16-24(19)28-26-23(21-14-7-4-8-15-21)18-17-22(25(26)27-2)20-12-5-3-6-13-20/h3-18,27-28H,1-2H3. The molecular weight excluding hydrogens is 340 g/mol. The number of hydrogen-bond acceptors (Lipinski definition) is 2. The van der Waals surface area contributed by atoms with Crippen LogP contribution in [0, 0.1) is 6.92 Å². The van der Waals surface area contributed by atoms with Crippen molar-refractivity contribution < 1.29 is 0 Å². The lowest BCUT2D eigenvalue weighted by Crippen LogP contribution is -2.02. The van der Waals surface area contributed by atoms with Gasteiger partial charge in [0, 0.05) is 23.9 Å². The van der Waals surface area contributed by atoms with Gasteiger partial charge < -0.3 is 10.6 Å². The summed E-state index contributed by atoms with van der Waals surface area (Å²) >= 11 is 0. The molecule has 28 heavy (non-hydrogen) atoms. The fourth-order valence-corrected chi connectivity index (χ4v) is 3.56. The van der Waals surface area contributed by atoms with E-state index in [1.54, 1.807) is 0 Å². The Kier molecular flexibility index (Phi) is 5.11. The summed E-state index contributed by atoms with van der Waals surface area (Å²) in [6.45, 7) is 2.13. The highest BCUT2D eigenvalue weighted by Gasteiger charge is 2.16. The maximum atomic E-state index is 3.71. The van der Waals surface area contributed by atoms with E-state index in [-0.39, 0.29) is 0 Å². The lowest BCUT2D eigenvalue weighted by atomic mass is 9.95. The van der Waals surface area contributed by atoms with Gasteiger partial charge in [0.25, 0.3) is 0 Å². The average Bonchev–Trinajstić information content (AvgIpc) is 2.76.